The Morgan fingerprint density at radius 1 is 0.911 bits per heavy atom. The van der Waals surface area contributed by atoms with Crippen molar-refractivity contribution >= 4 is 23.9 Å². The van der Waals surface area contributed by atoms with E-state index in [1.165, 1.54) is 32.9 Å². The van der Waals surface area contributed by atoms with Gasteiger partial charge in [0.2, 0.25) is 0 Å². The number of aliphatic hydroxyl groups is 3. The molecule has 4 aliphatic rings. The van der Waals surface area contributed by atoms with E-state index in [1.54, 1.807) is 45.9 Å². The van der Waals surface area contributed by atoms with Crippen LogP contribution < -0.4 is 0 Å². The molecule has 5 rings (SSSR count). The van der Waals surface area contributed by atoms with Gasteiger partial charge in [-0.25, -0.2) is 4.79 Å². The van der Waals surface area contributed by atoms with Gasteiger partial charge in [0, 0.05) is 44.4 Å². The summed E-state index contributed by atoms with van der Waals surface area (Å²) in [6.07, 6.45) is -8.36. The van der Waals surface area contributed by atoms with E-state index in [-0.39, 0.29) is 30.6 Å². The molecule has 45 heavy (non-hydrogen) atoms. The second kappa shape index (κ2) is 11.2. The molecule has 2 bridgehead atoms. The predicted molar refractivity (Wildman–Crippen MR) is 155 cm³/mol. The zero-order chi connectivity index (χ0) is 33.3. The van der Waals surface area contributed by atoms with E-state index in [9.17, 15) is 34.5 Å². The lowest BCUT2D eigenvalue weighted by Gasteiger charge is -2.69. The largest absolute Gasteiger partial charge is 0.458 e. The molecular formula is C33H42O12. The summed E-state index contributed by atoms with van der Waals surface area (Å²) in [5.74, 6) is -4.20. The van der Waals surface area contributed by atoms with Crippen molar-refractivity contribution in [1.82, 2.24) is 0 Å². The molecule has 0 spiro atoms. The summed E-state index contributed by atoms with van der Waals surface area (Å²) in [5.41, 5.74) is -5.96. The van der Waals surface area contributed by atoms with E-state index >= 15 is 0 Å². The molecule has 3 N–H and O–H groups in total. The Kier molecular flexibility index (Phi) is 8.21. The Balaban J connectivity index is 1.86. The van der Waals surface area contributed by atoms with Crippen LogP contribution in [0, 0.1) is 16.7 Å². The second-order valence-corrected chi connectivity index (χ2v) is 13.6. The molecule has 0 aromatic heterocycles. The highest BCUT2D eigenvalue weighted by atomic mass is 16.6. The maximum Gasteiger partial charge on any atom is 0.338 e. The van der Waals surface area contributed by atoms with Gasteiger partial charge in [-0.2, -0.15) is 0 Å². The molecule has 12 nitrogen and oxygen atoms in total. The van der Waals surface area contributed by atoms with Gasteiger partial charge in [-0.1, -0.05) is 39.0 Å². The molecule has 246 valence electrons. The first-order chi connectivity index (χ1) is 20.9. The number of esters is 4. The summed E-state index contributed by atoms with van der Waals surface area (Å²) in [4.78, 5) is 51.5. The summed E-state index contributed by atoms with van der Waals surface area (Å²) in [6, 6.07) is 8.09. The summed E-state index contributed by atoms with van der Waals surface area (Å²) in [5, 5.41) is 37.4. The summed E-state index contributed by atoms with van der Waals surface area (Å²) < 4.78 is 29.6. The van der Waals surface area contributed by atoms with Crippen molar-refractivity contribution in [3.8, 4) is 0 Å². The van der Waals surface area contributed by atoms with Crippen molar-refractivity contribution in [3.63, 3.8) is 0 Å². The van der Waals surface area contributed by atoms with Gasteiger partial charge in [-0.05, 0) is 30.2 Å². The van der Waals surface area contributed by atoms with Crippen LogP contribution in [-0.2, 0) is 38.1 Å². The quantitative estimate of drug-likeness (QED) is 0.246. The Hall–Kier alpha value is -3.32. The van der Waals surface area contributed by atoms with E-state index in [0.717, 1.165) is 0 Å². The minimum Gasteiger partial charge on any atom is -0.458 e. The van der Waals surface area contributed by atoms with E-state index in [1.807, 2.05) is 0 Å². The molecule has 1 aromatic carbocycles. The van der Waals surface area contributed by atoms with Crippen molar-refractivity contribution in [3.05, 3.63) is 47.0 Å². The number of ether oxygens (including phenoxy) is 5. The van der Waals surface area contributed by atoms with Crippen LogP contribution in [0.1, 0.15) is 71.7 Å². The van der Waals surface area contributed by atoms with E-state index in [4.69, 9.17) is 23.7 Å². The average Bonchev–Trinajstić information content (AvgIpc) is 2.94. The number of hydrogen-bond acceptors (Lipinski definition) is 12. The highest BCUT2D eigenvalue weighted by Gasteiger charge is 2.78. The molecule has 1 aliphatic heterocycles. The van der Waals surface area contributed by atoms with Gasteiger partial charge in [-0.3, -0.25) is 14.4 Å². The molecule has 0 amide bonds. The van der Waals surface area contributed by atoms with Crippen molar-refractivity contribution < 1.29 is 58.2 Å². The maximum atomic E-state index is 13.9. The van der Waals surface area contributed by atoms with Crippen LogP contribution in [-0.4, -0.2) is 93.6 Å². The Labute approximate surface area is 261 Å². The minimum atomic E-state index is -2.11. The lowest BCUT2D eigenvalue weighted by Crippen LogP contribution is -2.82. The number of rotatable bonds is 5. The predicted octanol–water partition coefficient (Wildman–Crippen LogP) is 2.02. The van der Waals surface area contributed by atoms with E-state index < -0.39 is 88.5 Å². The van der Waals surface area contributed by atoms with Gasteiger partial charge < -0.3 is 39.0 Å². The molecule has 12 heteroatoms. The first-order valence-electron chi connectivity index (χ1n) is 15.1. The molecule has 2 saturated carbocycles. The van der Waals surface area contributed by atoms with E-state index in [0.29, 0.717) is 5.57 Å². The van der Waals surface area contributed by atoms with Gasteiger partial charge in [-0.15, -0.1) is 0 Å². The molecular weight excluding hydrogens is 588 g/mol. The second-order valence-electron chi connectivity index (χ2n) is 13.6. The average molecular weight is 631 g/mol. The molecule has 1 aromatic rings. The fourth-order valence-electron chi connectivity index (χ4n) is 8.46. The van der Waals surface area contributed by atoms with Gasteiger partial charge in [0.05, 0.1) is 24.2 Å². The molecule has 1 heterocycles. The normalized spacial score (nSPS) is 39.9. The number of carbonyl (C=O) groups excluding carboxylic acids is 4. The Morgan fingerprint density at radius 3 is 2.07 bits per heavy atom. The first-order valence-corrected chi connectivity index (χ1v) is 15.1. The molecule has 3 fully saturated rings. The summed E-state index contributed by atoms with van der Waals surface area (Å²) in [7, 11) is 0. The van der Waals surface area contributed by atoms with Crippen molar-refractivity contribution in [2.75, 3.05) is 6.61 Å². The van der Waals surface area contributed by atoms with Crippen LogP contribution in [0.3, 0.4) is 0 Å². The lowest BCUT2D eigenvalue weighted by atomic mass is 9.44. The van der Waals surface area contributed by atoms with Crippen LogP contribution in [0.4, 0.5) is 0 Å². The SMILES string of the molecule is CC(=O)O[C@H]1C[C@@]2(O)[C@H](OC(=O)c3ccccc3)[C@@H]3[C@]4(OC(C)=O)CO[C@H]4C[C@H](O)[C@]3(C)[C@@H](O)[C@H](OC(C)=O)C(=C1C)C2(C)C. The number of aliphatic hydroxyl groups excluding tert-OH is 2. The van der Waals surface area contributed by atoms with Crippen molar-refractivity contribution in [2.45, 2.75) is 109 Å². The molecule has 10 atom stereocenters. The fourth-order valence-corrected chi connectivity index (χ4v) is 8.46. The van der Waals surface area contributed by atoms with Gasteiger partial charge >= 0.3 is 23.9 Å². The van der Waals surface area contributed by atoms with Crippen molar-refractivity contribution in [1.29, 1.82) is 0 Å². The molecule has 3 aliphatic carbocycles. The fraction of sp³-hybridized carbons (Fsp3) is 0.636. The maximum absolute atomic E-state index is 13.9. The van der Waals surface area contributed by atoms with Crippen LogP contribution in [0.5, 0.6) is 0 Å². The monoisotopic (exact) mass is 630 g/mol. The van der Waals surface area contributed by atoms with Gasteiger partial charge in [0.1, 0.15) is 30.0 Å². The van der Waals surface area contributed by atoms with Crippen LogP contribution in [0.2, 0.25) is 0 Å². The zero-order valence-corrected chi connectivity index (χ0v) is 26.6. The smallest absolute Gasteiger partial charge is 0.338 e. The third-order valence-corrected chi connectivity index (χ3v) is 10.7. The van der Waals surface area contributed by atoms with Gasteiger partial charge in [0.25, 0.3) is 0 Å². The number of carbonyl (C=O) groups is 4. The highest BCUT2D eigenvalue weighted by molar-refractivity contribution is 5.89. The third-order valence-electron chi connectivity index (χ3n) is 10.7. The standard InChI is InChI=1S/C33H42O12/c1-16-21(42-17(2)34)14-33(40)28(44-29(39)20-11-9-8-10-12-20)26-31(7,22(37)13-23-32(26,15-41-23)45-19(4)36)27(38)25(43-18(3)35)24(16)30(33,5)6/h8-12,21-23,25-28,37-38,40H,13-15H2,1-7H3/t21-,22-,23-,25+,26-,27-,28+,31-,32-,33+/m0/s1. The molecule has 0 unspecified atom stereocenters. The van der Waals surface area contributed by atoms with E-state index in [2.05, 4.69) is 0 Å². The number of hydrogen-bond donors (Lipinski definition) is 3. The summed E-state index contributed by atoms with van der Waals surface area (Å²) >= 11 is 0. The molecule has 0 radical (unpaired) electrons. The molecule has 1 saturated heterocycles. The Morgan fingerprint density at radius 2 is 1.53 bits per heavy atom. The minimum absolute atomic E-state index is 0.0700. The van der Waals surface area contributed by atoms with Crippen LogP contribution in [0.15, 0.2) is 41.5 Å². The van der Waals surface area contributed by atoms with Crippen molar-refractivity contribution in [2.24, 2.45) is 16.7 Å². The third kappa shape index (κ3) is 4.88. The highest BCUT2D eigenvalue weighted by Crippen LogP contribution is 2.65. The lowest BCUT2D eigenvalue weighted by molar-refractivity contribution is -0.365. The summed E-state index contributed by atoms with van der Waals surface area (Å²) in [6.45, 7) is 9.94. The number of fused-ring (bicyclic) bond motifs is 5. The Bertz CT molecular complexity index is 1420. The van der Waals surface area contributed by atoms with Crippen LogP contribution >= 0.6 is 0 Å². The first kappa shape index (κ1) is 33.1. The zero-order valence-electron chi connectivity index (χ0n) is 26.6. The number of benzene rings is 1. The van der Waals surface area contributed by atoms with Crippen LogP contribution in [0.25, 0.3) is 0 Å². The van der Waals surface area contributed by atoms with Gasteiger partial charge in [0.15, 0.2) is 11.7 Å². The topological polar surface area (TPSA) is 175 Å².